The number of carbonyl (C=O) groups excluding carboxylic acids is 2. The number of anilines is 1. The molecule has 3 heterocycles. The monoisotopic (exact) mass is 357 g/mol. The second-order valence-corrected chi connectivity index (χ2v) is 7.61. The molecule has 3 aromatic rings. The number of thiophene rings is 1. The number of nitrogens with zero attached hydrogens (tertiary/aromatic N) is 2. The Morgan fingerprint density at radius 2 is 2.17 bits per heavy atom. The minimum Gasteiger partial charge on any atom is -0.326 e. The molecule has 0 saturated carbocycles. The minimum atomic E-state index is -0.424. The first kappa shape index (κ1) is 15.3. The van der Waals surface area contributed by atoms with Crippen LogP contribution in [0.5, 0.6) is 0 Å². The molecule has 24 heavy (non-hydrogen) atoms. The lowest BCUT2D eigenvalue weighted by atomic mass is 10.2. The maximum atomic E-state index is 12.9. The van der Waals surface area contributed by atoms with Crippen molar-refractivity contribution in [2.75, 3.05) is 11.9 Å². The van der Waals surface area contributed by atoms with Gasteiger partial charge in [-0.05, 0) is 30.4 Å². The zero-order chi connectivity index (χ0) is 16.5. The molecule has 1 unspecified atom stereocenters. The zero-order valence-electron chi connectivity index (χ0n) is 12.8. The lowest BCUT2D eigenvalue weighted by Gasteiger charge is -2.22. The molecule has 1 saturated heterocycles. The highest BCUT2D eigenvalue weighted by Gasteiger charge is 2.35. The fraction of sp³-hybridized carbons (Fsp3) is 0.235. The van der Waals surface area contributed by atoms with Crippen LogP contribution in [0.3, 0.4) is 0 Å². The highest BCUT2D eigenvalue weighted by atomic mass is 32.1. The number of likely N-dealkylation sites (tertiary alicyclic amines) is 1. The SMILES string of the molecule is O=C(Nc1nccs1)C1CCCN1C(=O)c1cc2ccccc2s1. The summed E-state index contributed by atoms with van der Waals surface area (Å²) in [5, 5.41) is 6.25. The fourth-order valence-corrected chi connectivity index (χ4v) is 4.54. The van der Waals surface area contributed by atoms with Crippen LogP contribution in [0.2, 0.25) is 0 Å². The topological polar surface area (TPSA) is 62.3 Å². The molecule has 2 aromatic heterocycles. The van der Waals surface area contributed by atoms with Crippen molar-refractivity contribution in [3.8, 4) is 0 Å². The number of amides is 2. The van der Waals surface area contributed by atoms with Crippen LogP contribution in [0.1, 0.15) is 22.5 Å². The summed E-state index contributed by atoms with van der Waals surface area (Å²) in [7, 11) is 0. The first-order valence-corrected chi connectivity index (χ1v) is 9.42. The zero-order valence-corrected chi connectivity index (χ0v) is 14.4. The van der Waals surface area contributed by atoms with Gasteiger partial charge in [0.2, 0.25) is 5.91 Å². The number of hydrogen-bond donors (Lipinski definition) is 1. The summed E-state index contributed by atoms with van der Waals surface area (Å²) >= 11 is 2.85. The normalized spacial score (nSPS) is 17.3. The third-order valence-corrected chi connectivity index (χ3v) is 5.91. The Bertz CT molecular complexity index is 855. The highest BCUT2D eigenvalue weighted by molar-refractivity contribution is 7.20. The summed E-state index contributed by atoms with van der Waals surface area (Å²) in [6.45, 7) is 0.614. The quantitative estimate of drug-likeness (QED) is 0.779. The van der Waals surface area contributed by atoms with Crippen LogP contribution in [-0.4, -0.2) is 34.3 Å². The Morgan fingerprint density at radius 1 is 1.29 bits per heavy atom. The van der Waals surface area contributed by atoms with Crippen LogP contribution in [0.4, 0.5) is 5.13 Å². The second kappa shape index (κ2) is 6.33. The summed E-state index contributed by atoms with van der Waals surface area (Å²) in [4.78, 5) is 31.8. The van der Waals surface area contributed by atoms with Crippen LogP contribution in [0.15, 0.2) is 41.9 Å². The van der Waals surface area contributed by atoms with E-state index in [-0.39, 0.29) is 11.8 Å². The van der Waals surface area contributed by atoms with Crippen molar-refractivity contribution < 1.29 is 9.59 Å². The Kier molecular flexibility index (Phi) is 4.03. The number of benzene rings is 1. The third-order valence-electron chi connectivity index (χ3n) is 4.12. The fourth-order valence-electron chi connectivity index (χ4n) is 2.99. The van der Waals surface area contributed by atoms with Crippen molar-refractivity contribution in [2.45, 2.75) is 18.9 Å². The largest absolute Gasteiger partial charge is 0.326 e. The molecule has 2 amide bonds. The molecule has 7 heteroatoms. The smallest absolute Gasteiger partial charge is 0.264 e. The maximum Gasteiger partial charge on any atom is 0.264 e. The van der Waals surface area contributed by atoms with Crippen molar-refractivity contribution in [1.82, 2.24) is 9.88 Å². The number of aromatic nitrogens is 1. The van der Waals surface area contributed by atoms with E-state index in [4.69, 9.17) is 0 Å². The standard InChI is InChI=1S/C17H15N3O2S2/c21-15(19-17-18-7-9-23-17)12-5-3-8-20(12)16(22)14-10-11-4-1-2-6-13(11)24-14/h1-2,4,6-7,9-10,12H,3,5,8H2,(H,18,19,21). The lowest BCUT2D eigenvalue weighted by Crippen LogP contribution is -2.42. The van der Waals surface area contributed by atoms with Crippen LogP contribution in [0, 0.1) is 0 Å². The average molecular weight is 357 g/mol. The molecule has 1 atom stereocenters. The predicted molar refractivity (Wildman–Crippen MR) is 96.6 cm³/mol. The number of fused-ring (bicyclic) bond motifs is 1. The van der Waals surface area contributed by atoms with E-state index in [1.807, 2.05) is 35.7 Å². The molecule has 1 aromatic carbocycles. The molecular weight excluding hydrogens is 342 g/mol. The van der Waals surface area contributed by atoms with Crippen LogP contribution < -0.4 is 5.32 Å². The number of carbonyl (C=O) groups is 2. The summed E-state index contributed by atoms with van der Waals surface area (Å²) in [5.41, 5.74) is 0. The van der Waals surface area contributed by atoms with Gasteiger partial charge in [0.05, 0.1) is 4.88 Å². The molecule has 4 rings (SSSR count). The minimum absolute atomic E-state index is 0.0620. The molecule has 1 N–H and O–H groups in total. The second-order valence-electron chi connectivity index (χ2n) is 5.63. The summed E-state index contributed by atoms with van der Waals surface area (Å²) in [5.74, 6) is -0.218. The van der Waals surface area contributed by atoms with Gasteiger partial charge in [-0.15, -0.1) is 22.7 Å². The Balaban J connectivity index is 1.55. The van der Waals surface area contributed by atoms with Gasteiger partial charge in [0, 0.05) is 22.8 Å². The molecule has 0 radical (unpaired) electrons. The first-order valence-electron chi connectivity index (χ1n) is 7.72. The van der Waals surface area contributed by atoms with Gasteiger partial charge in [-0.1, -0.05) is 18.2 Å². The van der Waals surface area contributed by atoms with Gasteiger partial charge in [-0.25, -0.2) is 4.98 Å². The Hall–Kier alpha value is -2.25. The Morgan fingerprint density at radius 3 is 2.96 bits per heavy atom. The maximum absolute atomic E-state index is 12.9. The van der Waals surface area contributed by atoms with Gasteiger partial charge in [-0.3, -0.25) is 9.59 Å². The van der Waals surface area contributed by atoms with Crippen LogP contribution in [-0.2, 0) is 4.79 Å². The van der Waals surface area contributed by atoms with Gasteiger partial charge in [0.15, 0.2) is 5.13 Å². The summed E-state index contributed by atoms with van der Waals surface area (Å²) in [6.07, 6.45) is 3.18. The van der Waals surface area contributed by atoms with E-state index < -0.39 is 6.04 Å². The molecule has 1 fully saturated rings. The molecule has 1 aliphatic rings. The third kappa shape index (κ3) is 2.81. The van der Waals surface area contributed by atoms with Crippen molar-refractivity contribution in [2.24, 2.45) is 0 Å². The molecule has 122 valence electrons. The van der Waals surface area contributed by atoms with E-state index in [1.165, 1.54) is 22.7 Å². The summed E-state index contributed by atoms with van der Waals surface area (Å²) < 4.78 is 1.09. The number of hydrogen-bond acceptors (Lipinski definition) is 5. The van der Waals surface area contributed by atoms with Crippen molar-refractivity contribution >= 4 is 49.7 Å². The molecule has 0 bridgehead atoms. The van der Waals surface area contributed by atoms with E-state index in [0.29, 0.717) is 23.0 Å². The predicted octanol–water partition coefficient (Wildman–Crippen LogP) is 3.60. The van der Waals surface area contributed by atoms with Gasteiger partial charge < -0.3 is 10.2 Å². The molecule has 0 spiro atoms. The lowest BCUT2D eigenvalue weighted by molar-refractivity contribution is -0.119. The van der Waals surface area contributed by atoms with E-state index in [0.717, 1.165) is 16.5 Å². The van der Waals surface area contributed by atoms with Gasteiger partial charge in [0.25, 0.3) is 5.91 Å². The van der Waals surface area contributed by atoms with E-state index >= 15 is 0 Å². The van der Waals surface area contributed by atoms with Crippen LogP contribution in [0.25, 0.3) is 10.1 Å². The molecule has 1 aliphatic heterocycles. The van der Waals surface area contributed by atoms with Crippen molar-refractivity contribution in [1.29, 1.82) is 0 Å². The van der Waals surface area contributed by atoms with Crippen molar-refractivity contribution in [3.63, 3.8) is 0 Å². The van der Waals surface area contributed by atoms with E-state index in [1.54, 1.807) is 11.1 Å². The average Bonchev–Trinajstić information content (AvgIpc) is 3.33. The highest BCUT2D eigenvalue weighted by Crippen LogP contribution is 2.29. The number of thiazole rings is 1. The molecule has 5 nitrogen and oxygen atoms in total. The first-order chi connectivity index (χ1) is 11.7. The number of rotatable bonds is 3. The molecule has 0 aliphatic carbocycles. The number of nitrogens with one attached hydrogen (secondary N) is 1. The Labute approximate surface area is 146 Å². The van der Waals surface area contributed by atoms with E-state index in [9.17, 15) is 9.59 Å². The summed E-state index contributed by atoms with van der Waals surface area (Å²) in [6, 6.07) is 9.42. The van der Waals surface area contributed by atoms with Crippen molar-refractivity contribution in [3.05, 3.63) is 46.8 Å². The molecular formula is C17H15N3O2S2. The van der Waals surface area contributed by atoms with Gasteiger partial charge >= 0.3 is 0 Å². The van der Waals surface area contributed by atoms with Crippen LogP contribution >= 0.6 is 22.7 Å². The van der Waals surface area contributed by atoms with E-state index in [2.05, 4.69) is 10.3 Å². The van der Waals surface area contributed by atoms with Gasteiger partial charge in [0.1, 0.15) is 6.04 Å². The van der Waals surface area contributed by atoms with Gasteiger partial charge in [-0.2, -0.15) is 0 Å².